The number of carboxylic acids is 1. The second-order valence-corrected chi connectivity index (χ2v) is 17.2. The number of carbonyl (C=O) groups excluding carboxylic acids is 4. The summed E-state index contributed by atoms with van der Waals surface area (Å²) in [5.41, 5.74) is 0.958. The van der Waals surface area contributed by atoms with E-state index in [1.807, 2.05) is 32.0 Å². The number of alkyl halides is 6. The fourth-order valence-electron chi connectivity index (χ4n) is 5.24. The number of carbonyl (C=O) groups is 5. The standard InChI is InChI=1S/C19H15ClF3NO7.C14H20ClNO2.C8H11Cl2NO.C3H8NO5P/c1-3-29-17(25)10(2)30-18(26)13-9-12(5-6-15(13)24(27)28)31-16-7-4-11(8-14(16)20)19(21,22)23;1-4-12-8-6-7-11(3)14(12)16(10-18-5-2)13(17)9-15;1-3-5-11(6-4-2)8(12)7(9)10;5-3(6)1-4-2-10(7,8)9/h4-10H,3H2,1-2H3;6-8H,4-5,9-10H2,1-3H3;3-4,7H,1-2,5-6H2;4H,1-2H2,(H,5,6)(H2,7,8,9). The summed E-state index contributed by atoms with van der Waals surface area (Å²) in [6.07, 6.45) is -2.45. The molecule has 0 aliphatic carbocycles. The SMILES string of the molecule is C=CCN(CC=C)C(=O)C(Cl)Cl.CCOC(=O)C(C)OC(=O)c1cc(Oc2ccc(C(F)(F)F)cc2Cl)ccc1[N+](=O)[O-].CCOCN(C(=O)CCl)c1c(C)cccc1CC.O=C(O)CNCP(=O)(O)O. The summed E-state index contributed by atoms with van der Waals surface area (Å²) in [7, 11) is -4.10. The zero-order valence-electron chi connectivity index (χ0n) is 39.0. The third-order valence-electron chi connectivity index (χ3n) is 8.38. The van der Waals surface area contributed by atoms with E-state index in [1.54, 1.807) is 24.0 Å². The first kappa shape index (κ1) is 65.7. The zero-order valence-corrected chi connectivity index (χ0v) is 42.9. The number of halogens is 7. The van der Waals surface area contributed by atoms with Gasteiger partial charge in [0, 0.05) is 31.8 Å². The van der Waals surface area contributed by atoms with Gasteiger partial charge in [-0.15, -0.1) is 24.8 Å². The van der Waals surface area contributed by atoms with E-state index >= 15 is 0 Å². The van der Waals surface area contributed by atoms with Crippen LogP contribution in [0.4, 0.5) is 24.5 Å². The molecule has 71 heavy (non-hydrogen) atoms. The topological polar surface area (TPSA) is 262 Å². The average molecular weight is 1110 g/mol. The van der Waals surface area contributed by atoms with Crippen LogP contribution >= 0.6 is 54.0 Å². The van der Waals surface area contributed by atoms with Gasteiger partial charge in [0.15, 0.2) is 10.9 Å². The Balaban J connectivity index is 0.00000103. The Morgan fingerprint density at radius 1 is 0.986 bits per heavy atom. The molecule has 0 aromatic heterocycles. The normalized spacial score (nSPS) is 11.1. The number of aliphatic carboxylic acids is 1. The molecular weight excluding hydrogens is 1050 g/mol. The Kier molecular flexibility index (Phi) is 30.9. The van der Waals surface area contributed by atoms with Crippen LogP contribution in [-0.4, -0.2) is 117 Å². The number of aryl methyl sites for hydroxylation is 2. The smallest absolute Gasteiger partial charge is 0.416 e. The molecule has 0 aliphatic rings. The summed E-state index contributed by atoms with van der Waals surface area (Å²) in [4.78, 5) is 85.8. The van der Waals surface area contributed by atoms with Crippen molar-refractivity contribution in [1.82, 2.24) is 10.2 Å². The number of nitrogens with zero attached hydrogens (tertiary/aromatic N) is 3. The van der Waals surface area contributed by atoms with E-state index in [2.05, 4.69) is 25.4 Å². The third kappa shape index (κ3) is 25.1. The Labute approximate surface area is 427 Å². The van der Waals surface area contributed by atoms with Gasteiger partial charge in [0.05, 0.1) is 40.6 Å². The van der Waals surface area contributed by atoms with Gasteiger partial charge in [-0.1, -0.05) is 72.1 Å². The number of rotatable bonds is 22. The van der Waals surface area contributed by atoms with Crippen molar-refractivity contribution < 1.29 is 80.5 Å². The van der Waals surface area contributed by atoms with Crippen molar-refractivity contribution in [2.75, 3.05) is 56.6 Å². The number of amides is 2. The summed E-state index contributed by atoms with van der Waals surface area (Å²) in [5, 5.41) is 20.9. The van der Waals surface area contributed by atoms with E-state index in [4.69, 9.17) is 80.2 Å². The summed E-state index contributed by atoms with van der Waals surface area (Å²) >= 11 is 22.3. The molecule has 0 spiro atoms. The molecule has 3 aromatic rings. The van der Waals surface area contributed by atoms with Gasteiger partial charge in [0.25, 0.3) is 11.6 Å². The number of anilines is 1. The molecule has 0 aliphatic heterocycles. The highest BCUT2D eigenvalue weighted by Gasteiger charge is 2.32. The van der Waals surface area contributed by atoms with Gasteiger partial charge >= 0.3 is 31.7 Å². The van der Waals surface area contributed by atoms with E-state index in [-0.39, 0.29) is 47.6 Å². The maximum Gasteiger partial charge on any atom is 0.416 e. The number of para-hydroxylation sites is 1. The minimum atomic E-state index is -4.61. The summed E-state index contributed by atoms with van der Waals surface area (Å²) in [6, 6.07) is 11.4. The van der Waals surface area contributed by atoms with Crippen LogP contribution in [0, 0.1) is 17.0 Å². The second kappa shape index (κ2) is 33.4. The van der Waals surface area contributed by atoms with Gasteiger partial charge in [-0.3, -0.25) is 39.3 Å². The van der Waals surface area contributed by atoms with Gasteiger partial charge < -0.3 is 38.7 Å². The molecule has 0 saturated heterocycles. The first-order valence-electron chi connectivity index (χ1n) is 20.6. The number of esters is 2. The van der Waals surface area contributed by atoms with Crippen LogP contribution in [0.3, 0.4) is 0 Å². The number of nitro benzene ring substituents is 1. The summed E-state index contributed by atoms with van der Waals surface area (Å²) in [5.74, 6) is -3.99. The second-order valence-electron chi connectivity index (χ2n) is 13.8. The number of benzene rings is 3. The van der Waals surface area contributed by atoms with Crippen molar-refractivity contribution in [3.8, 4) is 11.5 Å². The maximum absolute atomic E-state index is 12.8. The highest BCUT2D eigenvalue weighted by atomic mass is 35.5. The van der Waals surface area contributed by atoms with Crippen molar-refractivity contribution in [2.24, 2.45) is 0 Å². The Morgan fingerprint density at radius 2 is 1.61 bits per heavy atom. The molecule has 2 amide bonds. The molecule has 3 aromatic carbocycles. The van der Waals surface area contributed by atoms with E-state index in [0.717, 1.165) is 53.6 Å². The monoisotopic (exact) mass is 1110 g/mol. The molecule has 0 bridgehead atoms. The van der Waals surface area contributed by atoms with Crippen LogP contribution in [0.25, 0.3) is 0 Å². The predicted molar refractivity (Wildman–Crippen MR) is 261 cm³/mol. The van der Waals surface area contributed by atoms with E-state index in [9.17, 15) is 51.8 Å². The summed E-state index contributed by atoms with van der Waals surface area (Å²) < 4.78 is 68.6. The quantitative estimate of drug-likeness (QED) is 0.0139. The molecular formula is C44H54Cl4F3N4O15P. The molecule has 394 valence electrons. The number of nitro groups is 1. The molecule has 19 nitrogen and oxygen atoms in total. The Bertz CT molecular complexity index is 2310. The van der Waals surface area contributed by atoms with Crippen LogP contribution in [0.2, 0.25) is 5.02 Å². The van der Waals surface area contributed by atoms with Gasteiger partial charge in [0.1, 0.15) is 29.7 Å². The fourth-order valence-corrected chi connectivity index (χ4v) is 6.28. The number of carboxylic acid groups (broad SMARTS) is 1. The van der Waals surface area contributed by atoms with Crippen LogP contribution in [0.5, 0.6) is 11.5 Å². The lowest BCUT2D eigenvalue weighted by molar-refractivity contribution is -0.385. The number of nitrogens with one attached hydrogen (secondary N) is 1. The molecule has 1 atom stereocenters. The lowest BCUT2D eigenvalue weighted by atomic mass is 10.0. The minimum Gasteiger partial charge on any atom is -0.480 e. The molecule has 3 rings (SSSR count). The minimum absolute atomic E-state index is 0.0371. The number of ether oxygens (including phenoxy) is 4. The van der Waals surface area contributed by atoms with Crippen molar-refractivity contribution in [1.29, 1.82) is 0 Å². The average Bonchev–Trinajstić information content (AvgIpc) is 3.29. The van der Waals surface area contributed by atoms with E-state index in [1.165, 1.54) is 11.8 Å². The van der Waals surface area contributed by atoms with Crippen LogP contribution < -0.4 is 15.0 Å². The van der Waals surface area contributed by atoms with Crippen molar-refractivity contribution in [2.45, 2.75) is 58.2 Å². The first-order chi connectivity index (χ1) is 33.1. The Hall–Kier alpha value is -5.29. The molecule has 0 radical (unpaired) electrons. The lowest BCUT2D eigenvalue weighted by Gasteiger charge is -2.25. The van der Waals surface area contributed by atoms with Gasteiger partial charge in [-0.2, -0.15) is 13.2 Å². The first-order valence-corrected chi connectivity index (χ1v) is 24.2. The molecule has 0 heterocycles. The molecule has 0 fully saturated rings. The van der Waals surface area contributed by atoms with Gasteiger partial charge in [0.2, 0.25) is 5.91 Å². The fraction of sp³-hybridized carbons (Fsp3) is 0.386. The van der Waals surface area contributed by atoms with Crippen molar-refractivity contribution in [3.05, 3.63) is 117 Å². The zero-order chi connectivity index (χ0) is 54.6. The highest BCUT2D eigenvalue weighted by Crippen LogP contribution is 2.37. The van der Waals surface area contributed by atoms with E-state index < -0.39 is 77.2 Å². The maximum atomic E-state index is 12.8. The molecule has 1 unspecified atom stereocenters. The van der Waals surface area contributed by atoms with E-state index in [0.29, 0.717) is 25.8 Å². The summed E-state index contributed by atoms with van der Waals surface area (Å²) in [6.45, 7) is 17.0. The third-order valence-corrected chi connectivity index (χ3v) is 9.91. The number of hydrogen-bond donors (Lipinski definition) is 4. The van der Waals surface area contributed by atoms with Gasteiger partial charge in [-0.25, -0.2) is 9.59 Å². The largest absolute Gasteiger partial charge is 0.480 e. The molecule has 0 saturated carbocycles. The van der Waals surface area contributed by atoms with Crippen LogP contribution in [0.15, 0.2) is 79.9 Å². The predicted octanol–water partition coefficient (Wildman–Crippen LogP) is 9.08. The van der Waals surface area contributed by atoms with Crippen molar-refractivity contribution >= 4 is 95.1 Å². The lowest BCUT2D eigenvalue weighted by Crippen LogP contribution is -2.35. The van der Waals surface area contributed by atoms with Gasteiger partial charge in [-0.05, 0) is 69.5 Å². The molecule has 4 N–H and O–H groups in total. The van der Waals surface area contributed by atoms with Crippen LogP contribution in [0.1, 0.15) is 54.7 Å². The highest BCUT2D eigenvalue weighted by molar-refractivity contribution is 7.51. The number of hydrogen-bond acceptors (Lipinski definition) is 13. The van der Waals surface area contributed by atoms with Crippen LogP contribution in [-0.2, 0) is 50.6 Å². The van der Waals surface area contributed by atoms with Crippen molar-refractivity contribution in [3.63, 3.8) is 0 Å². The Morgan fingerprint density at radius 3 is 2.07 bits per heavy atom. The molecule has 27 heteroatoms.